The molecule has 0 saturated carbocycles. The zero-order valence-corrected chi connectivity index (χ0v) is 5.99. The lowest BCUT2D eigenvalue weighted by Crippen LogP contribution is -2.22. The molecule has 0 aromatic carbocycles. The van der Waals surface area contributed by atoms with Crippen molar-refractivity contribution < 1.29 is 0 Å². The van der Waals surface area contributed by atoms with Crippen LogP contribution in [0.25, 0.3) is 0 Å². The summed E-state index contributed by atoms with van der Waals surface area (Å²) in [6.07, 6.45) is 3.45. The average molecular weight is 140 g/mol. The smallest absolute Gasteiger partial charge is 0.0946 e. The zero-order valence-electron chi connectivity index (χ0n) is 5.99. The number of aromatic nitrogens is 2. The SMILES string of the molecule is Cn1cncc1C(N)CN. The molecule has 0 aliphatic carbocycles. The summed E-state index contributed by atoms with van der Waals surface area (Å²) in [4.78, 5) is 3.92. The molecule has 1 aromatic rings. The van der Waals surface area contributed by atoms with Gasteiger partial charge in [-0.3, -0.25) is 0 Å². The molecule has 1 atom stereocenters. The second-order valence-corrected chi connectivity index (χ2v) is 2.27. The Morgan fingerprint density at radius 1 is 1.80 bits per heavy atom. The zero-order chi connectivity index (χ0) is 7.56. The van der Waals surface area contributed by atoms with Crippen LogP contribution in [0, 0.1) is 0 Å². The van der Waals surface area contributed by atoms with E-state index in [-0.39, 0.29) is 6.04 Å². The van der Waals surface area contributed by atoms with E-state index in [2.05, 4.69) is 4.98 Å². The largest absolute Gasteiger partial charge is 0.336 e. The molecule has 1 heterocycles. The van der Waals surface area contributed by atoms with E-state index in [0.717, 1.165) is 5.69 Å². The first-order valence-corrected chi connectivity index (χ1v) is 3.17. The van der Waals surface area contributed by atoms with E-state index in [1.807, 2.05) is 11.6 Å². The predicted molar refractivity (Wildman–Crippen MR) is 39.2 cm³/mol. The molecule has 0 amide bonds. The molecular weight excluding hydrogens is 128 g/mol. The molecular formula is C6H12N4. The minimum atomic E-state index is -0.0903. The van der Waals surface area contributed by atoms with Gasteiger partial charge in [0.2, 0.25) is 0 Å². The molecule has 0 saturated heterocycles. The first-order valence-electron chi connectivity index (χ1n) is 3.17. The third-order valence-electron chi connectivity index (χ3n) is 1.49. The summed E-state index contributed by atoms with van der Waals surface area (Å²) in [5.41, 5.74) is 12.0. The van der Waals surface area contributed by atoms with Gasteiger partial charge in [-0.15, -0.1) is 0 Å². The number of nitrogens with zero attached hydrogens (tertiary/aromatic N) is 2. The van der Waals surface area contributed by atoms with Gasteiger partial charge in [-0.25, -0.2) is 4.98 Å². The first-order chi connectivity index (χ1) is 4.75. The molecule has 0 fully saturated rings. The van der Waals surface area contributed by atoms with Gasteiger partial charge in [-0.2, -0.15) is 0 Å². The lowest BCUT2D eigenvalue weighted by atomic mass is 10.2. The number of nitrogens with two attached hydrogens (primary N) is 2. The van der Waals surface area contributed by atoms with Crippen LogP contribution in [0.5, 0.6) is 0 Å². The van der Waals surface area contributed by atoms with Crippen LogP contribution in [-0.2, 0) is 7.05 Å². The number of aryl methyl sites for hydroxylation is 1. The van der Waals surface area contributed by atoms with E-state index in [9.17, 15) is 0 Å². The molecule has 0 aliphatic heterocycles. The first kappa shape index (κ1) is 7.24. The summed E-state index contributed by atoms with van der Waals surface area (Å²) in [6.45, 7) is 0.458. The molecule has 0 aliphatic rings. The molecule has 0 spiro atoms. The molecule has 1 aromatic heterocycles. The van der Waals surface area contributed by atoms with Crippen molar-refractivity contribution >= 4 is 0 Å². The maximum atomic E-state index is 5.65. The highest BCUT2D eigenvalue weighted by molar-refractivity contribution is 5.03. The fourth-order valence-electron chi connectivity index (χ4n) is 0.845. The van der Waals surface area contributed by atoms with Gasteiger partial charge in [0.05, 0.1) is 18.1 Å². The van der Waals surface area contributed by atoms with Gasteiger partial charge in [0.15, 0.2) is 0 Å². The Labute approximate surface area is 59.8 Å². The van der Waals surface area contributed by atoms with E-state index >= 15 is 0 Å². The van der Waals surface area contributed by atoms with Crippen LogP contribution in [0.4, 0.5) is 0 Å². The van der Waals surface area contributed by atoms with Gasteiger partial charge in [-0.1, -0.05) is 0 Å². The van der Waals surface area contributed by atoms with Crippen molar-refractivity contribution in [1.29, 1.82) is 0 Å². The van der Waals surface area contributed by atoms with Crippen LogP contribution in [0.2, 0.25) is 0 Å². The molecule has 0 radical (unpaired) electrons. The monoisotopic (exact) mass is 140 g/mol. The molecule has 1 unspecified atom stereocenters. The topological polar surface area (TPSA) is 69.9 Å². The standard InChI is InChI=1S/C6H12N4/c1-10-4-9-3-6(10)5(8)2-7/h3-5H,2,7-8H2,1H3. The van der Waals surface area contributed by atoms with E-state index in [4.69, 9.17) is 11.5 Å². The molecule has 1 rings (SSSR count). The second kappa shape index (κ2) is 2.81. The van der Waals surface area contributed by atoms with Crippen LogP contribution in [0.3, 0.4) is 0 Å². The van der Waals surface area contributed by atoms with Crippen molar-refractivity contribution in [3.63, 3.8) is 0 Å². The quantitative estimate of drug-likeness (QED) is 0.575. The summed E-state index contributed by atoms with van der Waals surface area (Å²) in [5, 5.41) is 0. The summed E-state index contributed by atoms with van der Waals surface area (Å²) < 4.78 is 1.87. The second-order valence-electron chi connectivity index (χ2n) is 2.27. The maximum absolute atomic E-state index is 5.65. The summed E-state index contributed by atoms with van der Waals surface area (Å²) in [6, 6.07) is -0.0903. The Balaban J connectivity index is 2.82. The van der Waals surface area contributed by atoms with E-state index < -0.39 is 0 Å². The Bertz CT molecular complexity index is 205. The van der Waals surface area contributed by atoms with Gasteiger partial charge >= 0.3 is 0 Å². The summed E-state index contributed by atoms with van der Waals surface area (Å²) in [7, 11) is 1.90. The van der Waals surface area contributed by atoms with Crippen molar-refractivity contribution in [2.24, 2.45) is 18.5 Å². The minimum absolute atomic E-state index is 0.0903. The van der Waals surface area contributed by atoms with Crippen LogP contribution in [0.15, 0.2) is 12.5 Å². The minimum Gasteiger partial charge on any atom is -0.336 e. The van der Waals surface area contributed by atoms with Gasteiger partial charge < -0.3 is 16.0 Å². The molecule has 0 bridgehead atoms. The van der Waals surface area contributed by atoms with Crippen LogP contribution < -0.4 is 11.5 Å². The van der Waals surface area contributed by atoms with Crippen molar-refractivity contribution in [1.82, 2.24) is 9.55 Å². The van der Waals surface area contributed by atoms with Crippen molar-refractivity contribution in [3.8, 4) is 0 Å². The maximum Gasteiger partial charge on any atom is 0.0946 e. The van der Waals surface area contributed by atoms with Crippen molar-refractivity contribution in [2.45, 2.75) is 6.04 Å². The van der Waals surface area contributed by atoms with Gasteiger partial charge in [0, 0.05) is 19.8 Å². The summed E-state index contributed by atoms with van der Waals surface area (Å²) in [5.74, 6) is 0. The fraction of sp³-hybridized carbons (Fsp3) is 0.500. The highest BCUT2D eigenvalue weighted by atomic mass is 15.0. The van der Waals surface area contributed by atoms with Crippen molar-refractivity contribution in [2.75, 3.05) is 6.54 Å². The number of imidazole rings is 1. The molecule has 56 valence electrons. The van der Waals surface area contributed by atoms with Crippen LogP contribution in [-0.4, -0.2) is 16.1 Å². The van der Waals surface area contributed by atoms with E-state index in [0.29, 0.717) is 6.54 Å². The van der Waals surface area contributed by atoms with E-state index in [1.54, 1.807) is 12.5 Å². The normalized spacial score (nSPS) is 13.5. The molecule has 4 N–H and O–H groups in total. The Kier molecular flexibility index (Phi) is 2.03. The highest BCUT2D eigenvalue weighted by Gasteiger charge is 2.05. The van der Waals surface area contributed by atoms with E-state index in [1.165, 1.54) is 0 Å². The summed E-state index contributed by atoms with van der Waals surface area (Å²) >= 11 is 0. The predicted octanol–water partition coefficient (Wildman–Crippen LogP) is -0.621. The average Bonchev–Trinajstić information content (AvgIpc) is 2.34. The van der Waals surface area contributed by atoms with Gasteiger partial charge in [0.25, 0.3) is 0 Å². The number of hydrogen-bond donors (Lipinski definition) is 2. The fourth-order valence-corrected chi connectivity index (χ4v) is 0.845. The third-order valence-corrected chi connectivity index (χ3v) is 1.49. The van der Waals surface area contributed by atoms with Crippen LogP contribution in [0.1, 0.15) is 11.7 Å². The van der Waals surface area contributed by atoms with Gasteiger partial charge in [-0.05, 0) is 0 Å². The Hall–Kier alpha value is -0.870. The van der Waals surface area contributed by atoms with Crippen molar-refractivity contribution in [3.05, 3.63) is 18.2 Å². The van der Waals surface area contributed by atoms with Crippen LogP contribution >= 0.6 is 0 Å². The molecule has 4 nitrogen and oxygen atoms in total. The Morgan fingerprint density at radius 2 is 2.50 bits per heavy atom. The third kappa shape index (κ3) is 1.17. The van der Waals surface area contributed by atoms with Gasteiger partial charge in [0.1, 0.15) is 0 Å². The number of hydrogen-bond acceptors (Lipinski definition) is 3. The number of rotatable bonds is 2. The lowest BCUT2D eigenvalue weighted by Gasteiger charge is -2.07. The Morgan fingerprint density at radius 3 is 2.90 bits per heavy atom. The lowest BCUT2D eigenvalue weighted by molar-refractivity contribution is 0.668. The molecule has 10 heavy (non-hydrogen) atoms. The highest BCUT2D eigenvalue weighted by Crippen LogP contribution is 2.04. The molecule has 4 heteroatoms.